The van der Waals surface area contributed by atoms with Crippen molar-refractivity contribution in [3.05, 3.63) is 12.7 Å². The van der Waals surface area contributed by atoms with Gasteiger partial charge in [0.15, 0.2) is 0 Å². The number of urea groups is 1. The van der Waals surface area contributed by atoms with Gasteiger partial charge in [-0.25, -0.2) is 4.79 Å². The summed E-state index contributed by atoms with van der Waals surface area (Å²) >= 11 is 0. The van der Waals surface area contributed by atoms with E-state index in [0.29, 0.717) is 6.42 Å². The maximum absolute atomic E-state index is 11.4. The fourth-order valence-corrected chi connectivity index (χ4v) is 1.21. The molecule has 84 valence electrons. The fourth-order valence-electron chi connectivity index (χ4n) is 1.21. The minimum absolute atomic E-state index is 0.0104. The Hall–Kier alpha value is -1.43. The summed E-state index contributed by atoms with van der Waals surface area (Å²) in [5.74, 6) is 2.51. The van der Waals surface area contributed by atoms with E-state index in [0.717, 1.165) is 12.8 Å². The number of carbonyl (C=O) groups is 1. The van der Waals surface area contributed by atoms with Crippen LogP contribution < -0.4 is 10.6 Å². The summed E-state index contributed by atoms with van der Waals surface area (Å²) < 4.78 is 0. The lowest BCUT2D eigenvalue weighted by atomic mass is 10.1. The summed E-state index contributed by atoms with van der Waals surface area (Å²) in [7, 11) is 0. The standard InChI is InChI=1S/C12H20N2O/c1-5-8-10(4)13-12(15)14-11(7-3)9-6-2/h1,6,10-11H,2,7-9H2,3-4H3,(H2,13,14,15)/t10-,11-/m1/s1. The normalized spacial score (nSPS) is 13.4. The number of hydrogen-bond donors (Lipinski definition) is 2. The number of carbonyl (C=O) groups excluding carboxylic acids is 1. The number of terminal acetylenes is 1. The van der Waals surface area contributed by atoms with Crippen molar-refractivity contribution >= 4 is 6.03 Å². The van der Waals surface area contributed by atoms with Crippen molar-refractivity contribution in [3.8, 4) is 12.3 Å². The third-order valence-corrected chi connectivity index (χ3v) is 2.08. The summed E-state index contributed by atoms with van der Waals surface area (Å²) in [6, 6.07) is 0.00298. The maximum atomic E-state index is 11.4. The van der Waals surface area contributed by atoms with E-state index < -0.39 is 0 Å². The summed E-state index contributed by atoms with van der Waals surface area (Å²) in [6.07, 6.45) is 9.17. The van der Waals surface area contributed by atoms with Crippen LogP contribution in [0.15, 0.2) is 12.7 Å². The number of amides is 2. The molecule has 2 atom stereocenters. The quantitative estimate of drug-likeness (QED) is 0.509. The monoisotopic (exact) mass is 208 g/mol. The lowest BCUT2D eigenvalue weighted by Crippen LogP contribution is -2.45. The van der Waals surface area contributed by atoms with E-state index in [9.17, 15) is 4.79 Å². The Bertz CT molecular complexity index is 242. The third-order valence-electron chi connectivity index (χ3n) is 2.08. The van der Waals surface area contributed by atoms with Crippen molar-refractivity contribution in [2.24, 2.45) is 0 Å². The van der Waals surface area contributed by atoms with Gasteiger partial charge in [-0.1, -0.05) is 13.0 Å². The Morgan fingerprint density at radius 3 is 2.73 bits per heavy atom. The predicted molar refractivity (Wildman–Crippen MR) is 63.5 cm³/mol. The summed E-state index contributed by atoms with van der Waals surface area (Å²) in [5.41, 5.74) is 0. The van der Waals surface area contributed by atoms with Crippen LogP contribution in [0.1, 0.15) is 33.1 Å². The lowest BCUT2D eigenvalue weighted by molar-refractivity contribution is 0.233. The van der Waals surface area contributed by atoms with Gasteiger partial charge in [-0.3, -0.25) is 0 Å². The second-order valence-corrected chi connectivity index (χ2v) is 3.56. The van der Waals surface area contributed by atoms with Crippen LogP contribution in [-0.2, 0) is 0 Å². The zero-order valence-electron chi connectivity index (χ0n) is 9.55. The van der Waals surface area contributed by atoms with Gasteiger partial charge in [0.25, 0.3) is 0 Å². The Kier molecular flexibility index (Phi) is 7.17. The zero-order valence-corrected chi connectivity index (χ0v) is 9.55. The van der Waals surface area contributed by atoms with Crippen LogP contribution in [0.5, 0.6) is 0 Å². The molecule has 0 rings (SSSR count). The molecular formula is C12H20N2O. The minimum Gasteiger partial charge on any atom is -0.335 e. The molecule has 3 nitrogen and oxygen atoms in total. The lowest BCUT2D eigenvalue weighted by Gasteiger charge is -2.17. The molecule has 0 aliphatic rings. The molecule has 0 saturated heterocycles. The van der Waals surface area contributed by atoms with Gasteiger partial charge in [-0.05, 0) is 19.8 Å². The van der Waals surface area contributed by atoms with Crippen molar-refractivity contribution in [2.45, 2.75) is 45.2 Å². The minimum atomic E-state index is -0.161. The van der Waals surface area contributed by atoms with Crippen LogP contribution in [0.25, 0.3) is 0 Å². The molecule has 0 aliphatic carbocycles. The van der Waals surface area contributed by atoms with Gasteiger partial charge in [-0.15, -0.1) is 18.9 Å². The second-order valence-electron chi connectivity index (χ2n) is 3.56. The van der Waals surface area contributed by atoms with Crippen molar-refractivity contribution in [3.63, 3.8) is 0 Å². The second kappa shape index (κ2) is 7.93. The Morgan fingerprint density at radius 2 is 2.27 bits per heavy atom. The molecule has 0 fully saturated rings. The number of hydrogen-bond acceptors (Lipinski definition) is 1. The molecule has 0 radical (unpaired) electrons. The molecule has 0 aromatic heterocycles. The third kappa shape index (κ3) is 6.62. The Balaban J connectivity index is 3.90. The van der Waals surface area contributed by atoms with Gasteiger partial charge < -0.3 is 10.6 Å². The van der Waals surface area contributed by atoms with Gasteiger partial charge in [0.1, 0.15) is 0 Å². The van der Waals surface area contributed by atoms with Gasteiger partial charge in [0, 0.05) is 18.5 Å². The van der Waals surface area contributed by atoms with Gasteiger partial charge >= 0.3 is 6.03 Å². The SMILES string of the molecule is C#CC[C@@H](C)NC(=O)N[C@H](CC)CC=C. The average Bonchev–Trinajstić information content (AvgIpc) is 2.17. The van der Waals surface area contributed by atoms with E-state index in [1.165, 1.54) is 0 Å². The number of nitrogens with one attached hydrogen (secondary N) is 2. The Morgan fingerprint density at radius 1 is 1.60 bits per heavy atom. The molecule has 0 heterocycles. The van der Waals surface area contributed by atoms with E-state index in [-0.39, 0.29) is 18.1 Å². The molecule has 2 amide bonds. The molecule has 0 aromatic rings. The summed E-state index contributed by atoms with van der Waals surface area (Å²) in [4.78, 5) is 11.4. The van der Waals surface area contributed by atoms with Gasteiger partial charge in [0.05, 0.1) is 0 Å². The molecule has 0 bridgehead atoms. The molecule has 0 saturated carbocycles. The van der Waals surface area contributed by atoms with Gasteiger partial charge in [0.2, 0.25) is 0 Å². The van der Waals surface area contributed by atoms with Crippen molar-refractivity contribution in [1.29, 1.82) is 0 Å². The highest BCUT2D eigenvalue weighted by molar-refractivity contribution is 5.74. The summed E-state index contributed by atoms with van der Waals surface area (Å²) in [5, 5.41) is 5.64. The molecule has 2 N–H and O–H groups in total. The van der Waals surface area contributed by atoms with Crippen LogP contribution in [0.3, 0.4) is 0 Å². The fraction of sp³-hybridized carbons (Fsp3) is 0.583. The van der Waals surface area contributed by atoms with Crippen LogP contribution in [0.2, 0.25) is 0 Å². The largest absolute Gasteiger partial charge is 0.335 e. The van der Waals surface area contributed by atoms with E-state index >= 15 is 0 Å². The highest BCUT2D eigenvalue weighted by Gasteiger charge is 2.10. The molecule has 0 aromatic carbocycles. The predicted octanol–water partition coefficient (Wildman–Crippen LogP) is 2.05. The van der Waals surface area contributed by atoms with Gasteiger partial charge in [-0.2, -0.15) is 0 Å². The molecule has 0 aliphatic heterocycles. The van der Waals surface area contributed by atoms with E-state index in [1.807, 2.05) is 13.8 Å². The first kappa shape index (κ1) is 13.6. The van der Waals surface area contributed by atoms with Crippen molar-refractivity contribution in [2.75, 3.05) is 0 Å². The van der Waals surface area contributed by atoms with E-state index in [1.54, 1.807) is 6.08 Å². The van der Waals surface area contributed by atoms with Crippen LogP contribution in [0, 0.1) is 12.3 Å². The zero-order chi connectivity index (χ0) is 11.7. The molecule has 15 heavy (non-hydrogen) atoms. The average molecular weight is 208 g/mol. The highest BCUT2D eigenvalue weighted by Crippen LogP contribution is 1.98. The number of rotatable bonds is 6. The highest BCUT2D eigenvalue weighted by atomic mass is 16.2. The maximum Gasteiger partial charge on any atom is 0.315 e. The topological polar surface area (TPSA) is 41.1 Å². The van der Waals surface area contributed by atoms with Crippen molar-refractivity contribution < 1.29 is 4.79 Å². The molecule has 3 heteroatoms. The van der Waals surface area contributed by atoms with Crippen LogP contribution in [0.4, 0.5) is 4.79 Å². The first-order valence-corrected chi connectivity index (χ1v) is 5.25. The molecule has 0 unspecified atom stereocenters. The van der Waals surface area contributed by atoms with Crippen molar-refractivity contribution in [1.82, 2.24) is 10.6 Å². The van der Waals surface area contributed by atoms with Crippen LogP contribution >= 0.6 is 0 Å². The molecular weight excluding hydrogens is 188 g/mol. The smallest absolute Gasteiger partial charge is 0.315 e. The van der Waals surface area contributed by atoms with E-state index in [2.05, 4.69) is 23.1 Å². The summed E-state index contributed by atoms with van der Waals surface area (Å²) in [6.45, 7) is 7.56. The van der Waals surface area contributed by atoms with Crippen LogP contribution in [-0.4, -0.2) is 18.1 Å². The van der Waals surface area contributed by atoms with E-state index in [4.69, 9.17) is 6.42 Å². The first-order valence-electron chi connectivity index (χ1n) is 5.25. The molecule has 0 spiro atoms. The first-order chi connectivity index (χ1) is 7.13. The Labute approximate surface area is 92.3 Å².